The second kappa shape index (κ2) is 7.48. The molecule has 0 unspecified atom stereocenters. The molecular formula is C19H19FN2O4S. The number of halogens is 1. The average molecular weight is 390 g/mol. The predicted octanol–water partition coefficient (Wildman–Crippen LogP) is 2.22. The number of sulfone groups is 1. The molecule has 1 atom stereocenters. The van der Waals surface area contributed by atoms with Crippen molar-refractivity contribution >= 4 is 27.3 Å². The fraction of sp³-hybridized carbons (Fsp3) is 0.263. The molecule has 142 valence electrons. The number of nitrogens with zero attached hydrogens (tertiary/aromatic N) is 1. The molecule has 1 heterocycles. The van der Waals surface area contributed by atoms with Crippen molar-refractivity contribution in [2.24, 2.45) is 0 Å². The third-order valence-corrected chi connectivity index (χ3v) is 5.36. The Kier molecular flexibility index (Phi) is 5.27. The number of rotatable bonds is 6. The van der Waals surface area contributed by atoms with Gasteiger partial charge in [0.2, 0.25) is 5.91 Å². The van der Waals surface area contributed by atoms with Gasteiger partial charge in [0.15, 0.2) is 0 Å². The summed E-state index contributed by atoms with van der Waals surface area (Å²) in [5, 5.41) is 2.58. The highest BCUT2D eigenvalue weighted by Gasteiger charge is 2.36. The molecule has 2 aromatic rings. The van der Waals surface area contributed by atoms with Crippen LogP contribution < -0.4 is 5.32 Å². The van der Waals surface area contributed by atoms with E-state index in [0.29, 0.717) is 5.56 Å². The van der Waals surface area contributed by atoms with Crippen LogP contribution in [0.5, 0.6) is 0 Å². The number of carbonyl (C=O) groups is 2. The summed E-state index contributed by atoms with van der Waals surface area (Å²) in [4.78, 5) is 26.9. The highest BCUT2D eigenvalue weighted by Crippen LogP contribution is 2.26. The number of anilines is 1. The molecule has 0 bridgehead atoms. The first-order valence-corrected chi connectivity index (χ1v) is 10.4. The van der Waals surface area contributed by atoms with Crippen molar-refractivity contribution in [1.29, 1.82) is 0 Å². The van der Waals surface area contributed by atoms with Crippen molar-refractivity contribution < 1.29 is 22.4 Å². The van der Waals surface area contributed by atoms with Gasteiger partial charge in [0.1, 0.15) is 21.7 Å². The van der Waals surface area contributed by atoms with E-state index in [9.17, 15) is 22.4 Å². The van der Waals surface area contributed by atoms with Crippen molar-refractivity contribution in [3.8, 4) is 0 Å². The van der Waals surface area contributed by atoms with E-state index in [0.717, 1.165) is 17.9 Å². The summed E-state index contributed by atoms with van der Waals surface area (Å²) in [7, 11) is -3.32. The van der Waals surface area contributed by atoms with Gasteiger partial charge in [0, 0.05) is 24.1 Å². The summed E-state index contributed by atoms with van der Waals surface area (Å²) < 4.78 is 36.6. The second-order valence-corrected chi connectivity index (χ2v) is 8.78. The van der Waals surface area contributed by atoms with Crippen LogP contribution in [0.15, 0.2) is 48.5 Å². The Morgan fingerprint density at radius 3 is 2.63 bits per heavy atom. The van der Waals surface area contributed by atoms with Gasteiger partial charge in [-0.15, -0.1) is 0 Å². The second-order valence-electron chi connectivity index (χ2n) is 6.52. The summed E-state index contributed by atoms with van der Waals surface area (Å²) >= 11 is 0. The quantitative estimate of drug-likeness (QED) is 0.820. The summed E-state index contributed by atoms with van der Waals surface area (Å²) in [5.74, 6) is -1.62. The van der Waals surface area contributed by atoms with Crippen molar-refractivity contribution in [3.63, 3.8) is 0 Å². The molecule has 3 rings (SSSR count). The van der Waals surface area contributed by atoms with Gasteiger partial charge in [0.05, 0.1) is 5.75 Å². The van der Waals surface area contributed by atoms with Crippen molar-refractivity contribution in [3.05, 3.63) is 65.5 Å². The topological polar surface area (TPSA) is 83.6 Å². The Hall–Kier alpha value is -2.74. The first kappa shape index (κ1) is 19.0. The van der Waals surface area contributed by atoms with Crippen molar-refractivity contribution in [2.75, 3.05) is 17.3 Å². The number of hydrogen-bond donors (Lipinski definition) is 1. The number of carbonyl (C=O) groups excluding carboxylic acids is 2. The molecule has 2 aromatic carbocycles. The molecule has 0 saturated heterocycles. The third kappa shape index (κ3) is 4.51. The van der Waals surface area contributed by atoms with Crippen LogP contribution in [0.1, 0.15) is 22.3 Å². The minimum atomic E-state index is -3.32. The number of fused-ring (bicyclic) bond motifs is 1. The standard InChI is InChI=1S/C19H19FN2O4S/c1-27(25,26)10-9-17(18(23)21-15-7-4-6-14(20)11-15)22-12-13-5-2-3-8-16(13)19(22)24/h2-8,11,17H,9-10,12H2,1H3,(H,21,23)/t17-/m0/s1. The van der Waals surface area contributed by atoms with E-state index in [1.165, 1.54) is 23.1 Å². The first-order chi connectivity index (χ1) is 12.7. The first-order valence-electron chi connectivity index (χ1n) is 8.37. The lowest BCUT2D eigenvalue weighted by molar-refractivity contribution is -0.120. The maximum atomic E-state index is 13.4. The molecule has 0 radical (unpaired) electrons. The highest BCUT2D eigenvalue weighted by molar-refractivity contribution is 7.90. The SMILES string of the molecule is CS(=O)(=O)CC[C@@H](C(=O)Nc1cccc(F)c1)N1Cc2ccccc2C1=O. The summed E-state index contributed by atoms with van der Waals surface area (Å²) in [5.41, 5.74) is 1.53. The molecule has 1 aliphatic heterocycles. The molecule has 1 aliphatic rings. The van der Waals surface area contributed by atoms with E-state index < -0.39 is 27.6 Å². The Balaban J connectivity index is 1.85. The monoisotopic (exact) mass is 390 g/mol. The van der Waals surface area contributed by atoms with Crippen molar-refractivity contribution in [1.82, 2.24) is 4.90 Å². The molecule has 0 aliphatic carbocycles. The van der Waals surface area contributed by atoms with Gasteiger partial charge >= 0.3 is 0 Å². The Morgan fingerprint density at radius 1 is 1.22 bits per heavy atom. The van der Waals surface area contributed by atoms with E-state index in [1.807, 2.05) is 0 Å². The zero-order valence-corrected chi connectivity index (χ0v) is 15.5. The van der Waals surface area contributed by atoms with Crippen LogP contribution >= 0.6 is 0 Å². The fourth-order valence-corrected chi connectivity index (χ4v) is 3.73. The van der Waals surface area contributed by atoms with Gasteiger partial charge in [-0.25, -0.2) is 12.8 Å². The molecule has 27 heavy (non-hydrogen) atoms. The molecule has 2 amide bonds. The maximum Gasteiger partial charge on any atom is 0.255 e. The van der Waals surface area contributed by atoms with Gasteiger partial charge in [0.25, 0.3) is 5.91 Å². The van der Waals surface area contributed by atoms with E-state index in [2.05, 4.69) is 5.32 Å². The smallest absolute Gasteiger partial charge is 0.255 e. The highest BCUT2D eigenvalue weighted by atomic mass is 32.2. The normalized spacial score (nSPS) is 14.7. The largest absolute Gasteiger partial charge is 0.324 e. The summed E-state index contributed by atoms with van der Waals surface area (Å²) in [6.07, 6.45) is 1.04. The Labute approximate surface area is 156 Å². The molecule has 0 spiro atoms. The van der Waals surface area contributed by atoms with Crippen LogP contribution in [0.3, 0.4) is 0 Å². The number of hydrogen-bond acceptors (Lipinski definition) is 4. The lowest BCUT2D eigenvalue weighted by Gasteiger charge is -2.26. The van der Waals surface area contributed by atoms with E-state index in [4.69, 9.17) is 0 Å². The van der Waals surface area contributed by atoms with Crippen LogP contribution in [-0.2, 0) is 21.2 Å². The average Bonchev–Trinajstić information content (AvgIpc) is 2.91. The molecule has 1 N–H and O–H groups in total. The van der Waals surface area contributed by atoms with Crippen LogP contribution in [-0.4, -0.2) is 43.2 Å². The third-order valence-electron chi connectivity index (χ3n) is 4.38. The van der Waals surface area contributed by atoms with E-state index in [1.54, 1.807) is 24.3 Å². The van der Waals surface area contributed by atoms with Crippen LogP contribution in [0.4, 0.5) is 10.1 Å². The molecular weight excluding hydrogens is 371 g/mol. The lowest BCUT2D eigenvalue weighted by atomic mass is 10.1. The molecule has 0 saturated carbocycles. The summed E-state index contributed by atoms with van der Waals surface area (Å²) in [6.45, 7) is 0.222. The zero-order valence-electron chi connectivity index (χ0n) is 14.7. The van der Waals surface area contributed by atoms with E-state index >= 15 is 0 Å². The van der Waals surface area contributed by atoms with Crippen LogP contribution in [0.25, 0.3) is 0 Å². The zero-order chi connectivity index (χ0) is 19.6. The van der Waals surface area contributed by atoms with Gasteiger partial charge in [-0.1, -0.05) is 24.3 Å². The maximum absolute atomic E-state index is 13.4. The fourth-order valence-electron chi connectivity index (χ4n) is 3.07. The molecule has 8 heteroatoms. The predicted molar refractivity (Wildman–Crippen MR) is 99.5 cm³/mol. The Morgan fingerprint density at radius 2 is 1.96 bits per heavy atom. The van der Waals surface area contributed by atoms with Gasteiger partial charge < -0.3 is 10.2 Å². The summed E-state index contributed by atoms with van der Waals surface area (Å²) in [6, 6.07) is 11.4. The van der Waals surface area contributed by atoms with Crippen LogP contribution in [0, 0.1) is 5.82 Å². The minimum Gasteiger partial charge on any atom is -0.324 e. The Bertz CT molecular complexity index is 991. The van der Waals surface area contributed by atoms with Gasteiger partial charge in [-0.05, 0) is 36.2 Å². The number of nitrogens with one attached hydrogen (secondary N) is 1. The van der Waals surface area contributed by atoms with Crippen LogP contribution in [0.2, 0.25) is 0 Å². The van der Waals surface area contributed by atoms with Gasteiger partial charge in [-0.2, -0.15) is 0 Å². The van der Waals surface area contributed by atoms with E-state index in [-0.39, 0.29) is 30.3 Å². The number of benzene rings is 2. The minimum absolute atomic E-state index is 0.0420. The van der Waals surface area contributed by atoms with Gasteiger partial charge in [-0.3, -0.25) is 9.59 Å². The molecule has 0 aromatic heterocycles. The number of amides is 2. The molecule has 6 nitrogen and oxygen atoms in total. The lowest BCUT2D eigenvalue weighted by Crippen LogP contribution is -2.45. The molecule has 0 fully saturated rings. The van der Waals surface area contributed by atoms with Crippen molar-refractivity contribution in [2.45, 2.75) is 19.0 Å².